The number of halogens is 1. The minimum atomic E-state index is -0.520. The number of rotatable bonds is 3. The smallest absolute Gasteiger partial charge is 0.411 e. The van der Waals surface area contributed by atoms with Crippen molar-refractivity contribution in [1.82, 2.24) is 4.98 Å². The van der Waals surface area contributed by atoms with Gasteiger partial charge in [0.05, 0.1) is 17.8 Å². The van der Waals surface area contributed by atoms with E-state index in [-0.39, 0.29) is 6.61 Å². The topological polar surface area (TPSA) is 51.2 Å². The first-order valence-electron chi connectivity index (χ1n) is 3.72. The zero-order valence-electron chi connectivity index (χ0n) is 6.87. The van der Waals surface area contributed by atoms with Crippen molar-refractivity contribution >= 4 is 23.4 Å². The van der Waals surface area contributed by atoms with Gasteiger partial charge in [-0.25, -0.2) is 4.79 Å². The lowest BCUT2D eigenvalue weighted by atomic mass is 10.4. The van der Waals surface area contributed by atoms with Crippen molar-refractivity contribution in [1.29, 1.82) is 0 Å². The Morgan fingerprint density at radius 1 is 1.69 bits per heavy atom. The van der Waals surface area contributed by atoms with E-state index < -0.39 is 6.09 Å². The largest absolute Gasteiger partial charge is 0.448 e. The quantitative estimate of drug-likeness (QED) is 0.758. The number of aromatic nitrogens is 1. The van der Waals surface area contributed by atoms with E-state index in [1.54, 1.807) is 18.3 Å². The van der Waals surface area contributed by atoms with Crippen LogP contribution < -0.4 is 5.32 Å². The van der Waals surface area contributed by atoms with Crippen molar-refractivity contribution in [2.24, 2.45) is 0 Å². The molecule has 0 aliphatic rings. The predicted molar refractivity (Wildman–Crippen MR) is 49.9 cm³/mol. The molecule has 0 aliphatic heterocycles. The highest BCUT2D eigenvalue weighted by Crippen LogP contribution is 2.02. The lowest BCUT2D eigenvalue weighted by Crippen LogP contribution is -2.14. The number of hydrogen-bond acceptors (Lipinski definition) is 3. The van der Waals surface area contributed by atoms with Crippen molar-refractivity contribution < 1.29 is 9.53 Å². The summed E-state index contributed by atoms with van der Waals surface area (Å²) < 4.78 is 4.69. The second-order valence-corrected chi connectivity index (χ2v) is 2.57. The van der Waals surface area contributed by atoms with Gasteiger partial charge in [0.2, 0.25) is 0 Å². The number of hydrogen-bond donors (Lipinski definition) is 1. The molecule has 1 heterocycles. The van der Waals surface area contributed by atoms with E-state index in [0.29, 0.717) is 11.6 Å². The Bertz CT molecular complexity index is 266. The molecule has 0 aromatic carbocycles. The summed E-state index contributed by atoms with van der Waals surface area (Å²) in [6, 6.07) is 3.44. The third kappa shape index (κ3) is 3.75. The molecular formula is C8H9ClN2O2. The maximum atomic E-state index is 11.0. The molecule has 0 aliphatic carbocycles. The maximum Gasteiger partial charge on any atom is 0.411 e. The second-order valence-electron chi connectivity index (χ2n) is 2.19. The number of amides is 1. The summed E-state index contributed by atoms with van der Waals surface area (Å²) in [5, 5.41) is 2.49. The highest BCUT2D eigenvalue weighted by molar-refractivity contribution is 6.18. The standard InChI is InChI=1S/C8H9ClN2O2/c9-3-5-13-8(12)11-7-2-1-4-10-6-7/h1-2,4,6H,3,5H2,(H,11,12). The molecular weight excluding hydrogens is 192 g/mol. The minimum absolute atomic E-state index is 0.202. The van der Waals surface area contributed by atoms with Crippen molar-refractivity contribution in [3.8, 4) is 0 Å². The Hall–Kier alpha value is -1.29. The van der Waals surface area contributed by atoms with E-state index in [9.17, 15) is 4.79 Å². The molecule has 1 aromatic heterocycles. The van der Waals surface area contributed by atoms with Gasteiger partial charge in [-0.3, -0.25) is 10.3 Å². The van der Waals surface area contributed by atoms with E-state index in [1.165, 1.54) is 6.20 Å². The SMILES string of the molecule is O=C(Nc1cccnc1)OCCCl. The van der Waals surface area contributed by atoms with E-state index in [4.69, 9.17) is 11.6 Å². The fourth-order valence-corrected chi connectivity index (χ4v) is 0.799. The number of anilines is 1. The Morgan fingerprint density at radius 2 is 2.54 bits per heavy atom. The molecule has 0 fully saturated rings. The fraction of sp³-hybridized carbons (Fsp3) is 0.250. The average molecular weight is 201 g/mol. The first-order valence-corrected chi connectivity index (χ1v) is 4.26. The van der Waals surface area contributed by atoms with Gasteiger partial charge in [-0.15, -0.1) is 11.6 Å². The summed E-state index contributed by atoms with van der Waals surface area (Å²) in [5.41, 5.74) is 0.599. The van der Waals surface area contributed by atoms with Crippen LogP contribution in [-0.2, 0) is 4.74 Å². The third-order valence-electron chi connectivity index (χ3n) is 1.22. The lowest BCUT2D eigenvalue weighted by molar-refractivity contribution is 0.168. The van der Waals surface area contributed by atoms with Gasteiger partial charge >= 0.3 is 6.09 Å². The normalized spacial score (nSPS) is 9.31. The van der Waals surface area contributed by atoms with Gasteiger partial charge in [-0.05, 0) is 12.1 Å². The number of pyridine rings is 1. The molecule has 0 unspecified atom stereocenters. The Labute approximate surface area is 80.9 Å². The summed E-state index contributed by atoms with van der Waals surface area (Å²) in [6.07, 6.45) is 2.63. The Balaban J connectivity index is 2.37. The van der Waals surface area contributed by atoms with Crippen molar-refractivity contribution in [2.75, 3.05) is 17.8 Å². The summed E-state index contributed by atoms with van der Waals surface area (Å²) in [5.74, 6) is 0.292. The van der Waals surface area contributed by atoms with Gasteiger partial charge in [0, 0.05) is 6.20 Å². The molecule has 5 heteroatoms. The average Bonchev–Trinajstić information content (AvgIpc) is 2.16. The number of carbonyl (C=O) groups excluding carboxylic acids is 1. The number of ether oxygens (including phenoxy) is 1. The summed E-state index contributed by atoms with van der Waals surface area (Å²) in [7, 11) is 0. The molecule has 4 nitrogen and oxygen atoms in total. The molecule has 0 atom stereocenters. The van der Waals surface area contributed by atoms with E-state index in [0.717, 1.165) is 0 Å². The van der Waals surface area contributed by atoms with E-state index in [2.05, 4.69) is 15.0 Å². The van der Waals surface area contributed by atoms with Crippen molar-refractivity contribution in [3.05, 3.63) is 24.5 Å². The lowest BCUT2D eigenvalue weighted by Gasteiger charge is -2.03. The number of nitrogens with one attached hydrogen (secondary N) is 1. The third-order valence-corrected chi connectivity index (χ3v) is 1.37. The van der Waals surface area contributed by atoms with E-state index >= 15 is 0 Å². The van der Waals surface area contributed by atoms with Gasteiger partial charge in [0.1, 0.15) is 6.61 Å². The van der Waals surface area contributed by atoms with Crippen LogP contribution >= 0.6 is 11.6 Å². The monoisotopic (exact) mass is 200 g/mol. The van der Waals surface area contributed by atoms with Gasteiger partial charge < -0.3 is 4.74 Å². The molecule has 0 bridgehead atoms. The number of carbonyl (C=O) groups is 1. The van der Waals surface area contributed by atoms with Crippen LogP contribution in [0, 0.1) is 0 Å². The van der Waals surface area contributed by atoms with Crippen LogP contribution in [-0.4, -0.2) is 23.6 Å². The fourth-order valence-electron chi connectivity index (χ4n) is 0.722. The minimum Gasteiger partial charge on any atom is -0.448 e. The molecule has 70 valence electrons. The van der Waals surface area contributed by atoms with Gasteiger partial charge in [-0.2, -0.15) is 0 Å². The van der Waals surface area contributed by atoms with Crippen LogP contribution in [0.3, 0.4) is 0 Å². The molecule has 1 aromatic rings. The summed E-state index contributed by atoms with van der Waals surface area (Å²) in [6.45, 7) is 0.202. The second kappa shape index (κ2) is 5.37. The maximum absolute atomic E-state index is 11.0. The highest BCUT2D eigenvalue weighted by atomic mass is 35.5. The van der Waals surface area contributed by atoms with Gasteiger partial charge in [0.25, 0.3) is 0 Å². The zero-order chi connectivity index (χ0) is 9.52. The van der Waals surface area contributed by atoms with Crippen molar-refractivity contribution in [3.63, 3.8) is 0 Å². The molecule has 0 radical (unpaired) electrons. The Morgan fingerprint density at radius 3 is 3.15 bits per heavy atom. The van der Waals surface area contributed by atoms with Crippen LogP contribution in [0.4, 0.5) is 10.5 Å². The van der Waals surface area contributed by atoms with Crippen LogP contribution in [0.5, 0.6) is 0 Å². The molecule has 0 saturated carbocycles. The first-order chi connectivity index (χ1) is 6.33. The zero-order valence-corrected chi connectivity index (χ0v) is 7.62. The van der Waals surface area contributed by atoms with E-state index in [1.807, 2.05) is 0 Å². The van der Waals surface area contributed by atoms with Gasteiger partial charge in [-0.1, -0.05) is 0 Å². The van der Waals surface area contributed by atoms with Gasteiger partial charge in [0.15, 0.2) is 0 Å². The summed E-state index contributed by atoms with van der Waals surface area (Å²) in [4.78, 5) is 14.8. The van der Waals surface area contributed by atoms with Crippen LogP contribution in [0.2, 0.25) is 0 Å². The van der Waals surface area contributed by atoms with Crippen LogP contribution in [0.25, 0.3) is 0 Å². The van der Waals surface area contributed by atoms with Crippen LogP contribution in [0.15, 0.2) is 24.5 Å². The molecule has 13 heavy (non-hydrogen) atoms. The Kier molecular flexibility index (Phi) is 4.05. The summed E-state index contributed by atoms with van der Waals surface area (Å²) >= 11 is 5.33. The first kappa shape index (κ1) is 9.80. The van der Waals surface area contributed by atoms with Crippen molar-refractivity contribution in [2.45, 2.75) is 0 Å². The molecule has 0 saturated heterocycles. The van der Waals surface area contributed by atoms with Crippen LogP contribution in [0.1, 0.15) is 0 Å². The highest BCUT2D eigenvalue weighted by Gasteiger charge is 2.00. The predicted octanol–water partition coefficient (Wildman–Crippen LogP) is 1.87. The molecule has 0 spiro atoms. The molecule has 1 N–H and O–H groups in total. The number of alkyl halides is 1. The molecule has 1 rings (SSSR count). The molecule has 1 amide bonds. The number of nitrogens with zero attached hydrogens (tertiary/aromatic N) is 1.